The van der Waals surface area contributed by atoms with Crippen molar-refractivity contribution in [2.75, 3.05) is 0 Å². The van der Waals surface area contributed by atoms with Crippen LogP contribution in [0, 0.1) is 0 Å². The Morgan fingerprint density at radius 3 is 2.17 bits per heavy atom. The molecule has 0 saturated carbocycles. The summed E-state index contributed by atoms with van der Waals surface area (Å²) in [7, 11) is 0. The van der Waals surface area contributed by atoms with Crippen LogP contribution < -0.4 is 0 Å². The summed E-state index contributed by atoms with van der Waals surface area (Å²) in [6.45, 7) is 0. The van der Waals surface area contributed by atoms with E-state index in [4.69, 9.17) is 4.98 Å². The van der Waals surface area contributed by atoms with Gasteiger partial charge >= 0.3 is 0 Å². The summed E-state index contributed by atoms with van der Waals surface area (Å²) in [6, 6.07) is 39.1. The first-order valence-electron chi connectivity index (χ1n) is 11.7. The van der Waals surface area contributed by atoms with Crippen LogP contribution >= 0.6 is 22.7 Å². The standard InChI is InChI=1S/C31H18N2S2/c1-2-9-19(10-3-1)20-13-8-15-24-28(20)21-11-4-6-14-23(21)33(24)31-32-30-27(35-31)18-17-26-29(30)22-12-5-7-16-25(22)34-26/h1-18H. The molecule has 4 heteroatoms. The number of fused-ring (bicyclic) bond motifs is 8. The third kappa shape index (κ3) is 2.72. The lowest BCUT2D eigenvalue weighted by molar-refractivity contribution is 1.15. The number of hydrogen-bond donors (Lipinski definition) is 0. The summed E-state index contributed by atoms with van der Waals surface area (Å²) in [5.74, 6) is 0. The SMILES string of the molecule is c1ccc(-c2cccc3c2c2ccccc2n3-c2nc3c(ccc4sc5ccccc5c43)s2)cc1. The van der Waals surface area contributed by atoms with Crippen molar-refractivity contribution in [3.63, 3.8) is 0 Å². The highest BCUT2D eigenvalue weighted by molar-refractivity contribution is 7.26. The van der Waals surface area contributed by atoms with Crippen LogP contribution in [0.25, 0.3) is 68.5 Å². The van der Waals surface area contributed by atoms with Gasteiger partial charge in [-0.05, 0) is 41.5 Å². The van der Waals surface area contributed by atoms with Crippen molar-refractivity contribution in [3.05, 3.63) is 109 Å². The lowest BCUT2D eigenvalue weighted by Gasteiger charge is -2.06. The van der Waals surface area contributed by atoms with Crippen LogP contribution in [0.4, 0.5) is 0 Å². The van der Waals surface area contributed by atoms with Gasteiger partial charge in [-0.3, -0.25) is 4.57 Å². The van der Waals surface area contributed by atoms with Gasteiger partial charge < -0.3 is 0 Å². The number of para-hydroxylation sites is 1. The molecule has 5 aromatic carbocycles. The molecule has 0 unspecified atom stereocenters. The van der Waals surface area contributed by atoms with E-state index < -0.39 is 0 Å². The summed E-state index contributed by atoms with van der Waals surface area (Å²) >= 11 is 3.62. The fourth-order valence-corrected chi connectivity index (χ4v) is 7.48. The van der Waals surface area contributed by atoms with E-state index in [9.17, 15) is 0 Å². The second-order valence-electron chi connectivity index (χ2n) is 8.80. The molecule has 0 amide bonds. The number of nitrogens with zero attached hydrogens (tertiary/aromatic N) is 2. The van der Waals surface area contributed by atoms with Crippen LogP contribution in [0.5, 0.6) is 0 Å². The van der Waals surface area contributed by atoms with Crippen molar-refractivity contribution in [1.82, 2.24) is 9.55 Å². The predicted octanol–water partition coefficient (Wildman–Crippen LogP) is 9.43. The number of hydrogen-bond acceptors (Lipinski definition) is 3. The van der Waals surface area contributed by atoms with Crippen molar-refractivity contribution >= 4 is 74.9 Å². The van der Waals surface area contributed by atoms with Crippen molar-refractivity contribution in [3.8, 4) is 16.3 Å². The number of rotatable bonds is 2. The van der Waals surface area contributed by atoms with Gasteiger partial charge in [0, 0.05) is 30.9 Å². The molecule has 0 spiro atoms. The Bertz CT molecular complexity index is 2060. The van der Waals surface area contributed by atoms with Gasteiger partial charge in [-0.15, -0.1) is 11.3 Å². The van der Waals surface area contributed by atoms with E-state index in [0.29, 0.717) is 0 Å². The quantitative estimate of drug-likeness (QED) is 0.240. The maximum atomic E-state index is 5.30. The molecule has 35 heavy (non-hydrogen) atoms. The Hall–Kier alpha value is -3.99. The Labute approximate surface area is 209 Å². The molecular weight excluding hydrogens is 464 g/mol. The monoisotopic (exact) mass is 482 g/mol. The lowest BCUT2D eigenvalue weighted by Crippen LogP contribution is -1.92. The van der Waals surface area contributed by atoms with Crippen molar-refractivity contribution < 1.29 is 0 Å². The minimum absolute atomic E-state index is 1.01. The zero-order chi connectivity index (χ0) is 22.9. The molecule has 2 nitrogen and oxygen atoms in total. The van der Waals surface area contributed by atoms with Crippen LogP contribution in [-0.2, 0) is 0 Å². The normalized spacial score (nSPS) is 12.0. The van der Waals surface area contributed by atoms with Gasteiger partial charge in [0.2, 0.25) is 0 Å². The Balaban J connectivity index is 1.49. The highest BCUT2D eigenvalue weighted by Crippen LogP contribution is 2.43. The van der Waals surface area contributed by atoms with E-state index in [1.165, 1.54) is 57.8 Å². The fourth-order valence-electron chi connectivity index (χ4n) is 5.37. The third-order valence-electron chi connectivity index (χ3n) is 6.86. The largest absolute Gasteiger partial charge is 0.285 e. The molecule has 164 valence electrons. The number of aromatic nitrogens is 2. The van der Waals surface area contributed by atoms with Gasteiger partial charge in [0.05, 0.1) is 21.3 Å². The van der Waals surface area contributed by atoms with Crippen molar-refractivity contribution in [2.24, 2.45) is 0 Å². The van der Waals surface area contributed by atoms with E-state index in [0.717, 1.165) is 10.6 Å². The van der Waals surface area contributed by atoms with Crippen LogP contribution in [0.3, 0.4) is 0 Å². The molecule has 0 aliphatic heterocycles. The molecule has 0 fully saturated rings. The topological polar surface area (TPSA) is 17.8 Å². The Morgan fingerprint density at radius 1 is 0.514 bits per heavy atom. The van der Waals surface area contributed by atoms with Gasteiger partial charge in [-0.2, -0.15) is 0 Å². The first-order chi connectivity index (χ1) is 17.4. The highest BCUT2D eigenvalue weighted by Gasteiger charge is 2.19. The van der Waals surface area contributed by atoms with Gasteiger partial charge in [0.1, 0.15) is 0 Å². The summed E-state index contributed by atoms with van der Waals surface area (Å²) in [4.78, 5) is 5.30. The molecule has 0 atom stereocenters. The van der Waals surface area contributed by atoms with Gasteiger partial charge in [-0.25, -0.2) is 4.98 Å². The molecule has 0 saturated heterocycles. The van der Waals surface area contributed by atoms with Gasteiger partial charge in [0.15, 0.2) is 5.13 Å². The Morgan fingerprint density at radius 2 is 1.26 bits per heavy atom. The first kappa shape index (κ1) is 19.3. The van der Waals surface area contributed by atoms with Crippen LogP contribution in [0.15, 0.2) is 109 Å². The van der Waals surface area contributed by atoms with Gasteiger partial charge in [-0.1, -0.05) is 90.2 Å². The van der Waals surface area contributed by atoms with E-state index in [1.807, 2.05) is 11.3 Å². The number of benzene rings is 5. The molecule has 8 aromatic rings. The van der Waals surface area contributed by atoms with E-state index in [2.05, 4.69) is 114 Å². The molecule has 8 rings (SSSR count). The second kappa shape index (κ2) is 7.25. The zero-order valence-corrected chi connectivity index (χ0v) is 20.2. The molecule has 0 N–H and O–H groups in total. The minimum atomic E-state index is 1.01. The summed E-state index contributed by atoms with van der Waals surface area (Å²) < 4.78 is 6.18. The fraction of sp³-hybridized carbons (Fsp3) is 0. The molecule has 0 radical (unpaired) electrons. The van der Waals surface area contributed by atoms with Crippen molar-refractivity contribution in [2.45, 2.75) is 0 Å². The maximum absolute atomic E-state index is 5.30. The summed E-state index contributed by atoms with van der Waals surface area (Å²) in [5, 5.41) is 6.12. The first-order valence-corrected chi connectivity index (χ1v) is 13.3. The smallest absolute Gasteiger partial charge is 0.195 e. The van der Waals surface area contributed by atoms with Crippen molar-refractivity contribution in [1.29, 1.82) is 0 Å². The average Bonchev–Trinajstić information content (AvgIpc) is 3.59. The summed E-state index contributed by atoms with van der Waals surface area (Å²) in [6.07, 6.45) is 0. The van der Waals surface area contributed by atoms with E-state index in [-0.39, 0.29) is 0 Å². The number of thiophene rings is 1. The Kier molecular flexibility index (Phi) is 4.01. The maximum Gasteiger partial charge on any atom is 0.195 e. The molecule has 0 aliphatic rings. The second-order valence-corrected chi connectivity index (χ2v) is 10.9. The molecule has 3 aromatic heterocycles. The third-order valence-corrected chi connectivity index (χ3v) is 9.00. The summed E-state index contributed by atoms with van der Waals surface area (Å²) in [5.41, 5.74) is 5.97. The lowest BCUT2D eigenvalue weighted by atomic mass is 10.00. The zero-order valence-electron chi connectivity index (χ0n) is 18.6. The molecule has 3 heterocycles. The van der Waals surface area contributed by atoms with E-state index in [1.54, 1.807) is 11.3 Å². The van der Waals surface area contributed by atoms with Gasteiger partial charge in [0.25, 0.3) is 0 Å². The highest BCUT2D eigenvalue weighted by atomic mass is 32.1. The van der Waals surface area contributed by atoms with Crippen LogP contribution in [0.2, 0.25) is 0 Å². The molecular formula is C31H18N2S2. The van der Waals surface area contributed by atoms with Crippen LogP contribution in [-0.4, -0.2) is 9.55 Å². The average molecular weight is 483 g/mol. The van der Waals surface area contributed by atoms with E-state index >= 15 is 0 Å². The number of thiazole rings is 1. The minimum Gasteiger partial charge on any atom is -0.285 e. The molecule has 0 bridgehead atoms. The van der Waals surface area contributed by atoms with Crippen LogP contribution in [0.1, 0.15) is 0 Å². The molecule has 0 aliphatic carbocycles. The predicted molar refractivity (Wildman–Crippen MR) is 152 cm³/mol.